The van der Waals surface area contributed by atoms with Gasteiger partial charge in [0.1, 0.15) is 0 Å². The van der Waals surface area contributed by atoms with E-state index in [-0.39, 0.29) is 22.7 Å². The largest absolute Gasteiger partial charge is 0.478 e. The normalized spacial score (nSPS) is 13.0. The summed E-state index contributed by atoms with van der Waals surface area (Å²) >= 11 is 0. The van der Waals surface area contributed by atoms with Crippen molar-refractivity contribution in [1.82, 2.24) is 0 Å². The molecule has 0 fully saturated rings. The Morgan fingerprint density at radius 2 is 2.05 bits per heavy atom. The molecular weight excluding hydrogens is 276 g/mol. The van der Waals surface area contributed by atoms with Crippen LogP contribution < -0.4 is 10.5 Å². The zero-order valence-corrected chi connectivity index (χ0v) is 10.6. The SMILES string of the molecule is NS(=O)(=O)c1ccc(NCC(O)CO)c(C(=O)O)c1. The van der Waals surface area contributed by atoms with Crippen molar-refractivity contribution in [1.29, 1.82) is 0 Å². The molecular formula is C10H14N2O6S. The van der Waals surface area contributed by atoms with Gasteiger partial charge in [-0.05, 0) is 18.2 Å². The zero-order chi connectivity index (χ0) is 14.6. The topological polar surface area (TPSA) is 150 Å². The van der Waals surface area contributed by atoms with Crippen LogP contribution in [0.2, 0.25) is 0 Å². The summed E-state index contributed by atoms with van der Waals surface area (Å²) in [6.45, 7) is -0.559. The number of aliphatic hydroxyl groups excluding tert-OH is 2. The molecule has 0 bridgehead atoms. The zero-order valence-electron chi connectivity index (χ0n) is 9.78. The molecule has 106 valence electrons. The molecule has 0 aliphatic carbocycles. The predicted octanol–water partition coefficient (Wildman–Crippen LogP) is -1.20. The van der Waals surface area contributed by atoms with Crippen LogP contribution in [0.5, 0.6) is 0 Å². The summed E-state index contributed by atoms with van der Waals surface area (Å²) < 4.78 is 22.2. The van der Waals surface area contributed by atoms with Gasteiger partial charge in [0.2, 0.25) is 10.0 Å². The number of hydrogen-bond acceptors (Lipinski definition) is 6. The number of anilines is 1. The minimum atomic E-state index is -3.99. The van der Waals surface area contributed by atoms with Crippen LogP contribution in [0.15, 0.2) is 23.1 Å². The van der Waals surface area contributed by atoms with Gasteiger partial charge in [0.25, 0.3) is 0 Å². The van der Waals surface area contributed by atoms with E-state index in [0.717, 1.165) is 12.1 Å². The molecule has 9 heteroatoms. The van der Waals surface area contributed by atoms with Crippen LogP contribution in [0.3, 0.4) is 0 Å². The lowest BCUT2D eigenvalue weighted by Gasteiger charge is -2.13. The minimum Gasteiger partial charge on any atom is -0.478 e. The highest BCUT2D eigenvalue weighted by atomic mass is 32.2. The summed E-state index contributed by atoms with van der Waals surface area (Å²) in [6.07, 6.45) is -1.06. The number of nitrogens with two attached hydrogens (primary N) is 1. The Kier molecular flexibility index (Phi) is 4.84. The Hall–Kier alpha value is -1.68. The van der Waals surface area contributed by atoms with Gasteiger partial charge in [-0.25, -0.2) is 18.4 Å². The Balaban J connectivity index is 3.09. The lowest BCUT2D eigenvalue weighted by Crippen LogP contribution is -2.24. The third-order valence-electron chi connectivity index (χ3n) is 2.29. The second-order valence-electron chi connectivity index (χ2n) is 3.77. The van der Waals surface area contributed by atoms with Crippen LogP contribution in [0.4, 0.5) is 5.69 Å². The maximum Gasteiger partial charge on any atom is 0.337 e. The van der Waals surface area contributed by atoms with Crippen LogP contribution in [0.1, 0.15) is 10.4 Å². The molecule has 6 N–H and O–H groups in total. The molecule has 0 aliphatic heterocycles. The Morgan fingerprint density at radius 3 is 2.53 bits per heavy atom. The first-order valence-electron chi connectivity index (χ1n) is 5.18. The van der Waals surface area contributed by atoms with Gasteiger partial charge in [-0.2, -0.15) is 0 Å². The van der Waals surface area contributed by atoms with Crippen LogP contribution in [0.25, 0.3) is 0 Å². The third kappa shape index (κ3) is 4.17. The average molecular weight is 290 g/mol. The number of nitrogens with one attached hydrogen (secondary N) is 1. The smallest absolute Gasteiger partial charge is 0.337 e. The van der Waals surface area contributed by atoms with E-state index in [4.69, 9.17) is 20.5 Å². The molecule has 0 radical (unpaired) electrons. The lowest BCUT2D eigenvalue weighted by atomic mass is 10.1. The summed E-state index contributed by atoms with van der Waals surface area (Å²) in [4.78, 5) is 10.7. The van der Waals surface area contributed by atoms with Gasteiger partial charge in [0.05, 0.1) is 23.2 Å². The first-order chi connectivity index (χ1) is 8.75. The summed E-state index contributed by atoms with van der Waals surface area (Å²) in [6, 6.07) is 3.30. The van der Waals surface area contributed by atoms with Crippen LogP contribution >= 0.6 is 0 Å². The van der Waals surface area contributed by atoms with Crippen molar-refractivity contribution in [3.8, 4) is 0 Å². The van der Waals surface area contributed by atoms with E-state index in [2.05, 4.69) is 5.32 Å². The number of aliphatic hydroxyl groups is 2. The van der Waals surface area contributed by atoms with Crippen molar-refractivity contribution in [2.45, 2.75) is 11.0 Å². The third-order valence-corrected chi connectivity index (χ3v) is 3.20. The molecule has 0 aliphatic rings. The summed E-state index contributed by atoms with van der Waals surface area (Å²) in [5, 5.41) is 34.3. The maximum atomic E-state index is 11.1. The molecule has 0 heterocycles. The van der Waals surface area contributed by atoms with E-state index >= 15 is 0 Å². The number of primary sulfonamides is 1. The quantitative estimate of drug-likeness (QED) is 0.441. The minimum absolute atomic E-state index is 0.0779. The molecule has 0 saturated carbocycles. The number of aromatic carboxylic acids is 1. The second-order valence-corrected chi connectivity index (χ2v) is 5.34. The van der Waals surface area contributed by atoms with Gasteiger partial charge in [0, 0.05) is 12.2 Å². The van der Waals surface area contributed by atoms with E-state index in [0.29, 0.717) is 0 Å². The molecule has 0 spiro atoms. The first-order valence-corrected chi connectivity index (χ1v) is 6.73. The van der Waals surface area contributed by atoms with Crippen molar-refractivity contribution < 1.29 is 28.5 Å². The highest BCUT2D eigenvalue weighted by Gasteiger charge is 2.16. The van der Waals surface area contributed by atoms with Gasteiger partial charge in [-0.1, -0.05) is 0 Å². The van der Waals surface area contributed by atoms with Crippen molar-refractivity contribution in [3.63, 3.8) is 0 Å². The van der Waals surface area contributed by atoms with Crippen molar-refractivity contribution >= 4 is 21.7 Å². The first kappa shape index (κ1) is 15.4. The highest BCUT2D eigenvalue weighted by Crippen LogP contribution is 2.20. The molecule has 1 atom stereocenters. The molecule has 0 amide bonds. The van der Waals surface area contributed by atoms with E-state index < -0.39 is 28.7 Å². The summed E-state index contributed by atoms with van der Waals surface area (Å²) in [5.74, 6) is -1.34. The average Bonchev–Trinajstić information content (AvgIpc) is 2.34. The second kappa shape index (κ2) is 5.97. The van der Waals surface area contributed by atoms with Crippen molar-refractivity contribution in [2.24, 2.45) is 5.14 Å². The van der Waals surface area contributed by atoms with Crippen molar-refractivity contribution in [2.75, 3.05) is 18.5 Å². The molecule has 1 rings (SSSR count). The fourth-order valence-corrected chi connectivity index (χ4v) is 1.86. The van der Waals surface area contributed by atoms with Gasteiger partial charge >= 0.3 is 5.97 Å². The number of carboxylic acid groups (broad SMARTS) is 1. The number of carboxylic acids is 1. The molecule has 1 unspecified atom stereocenters. The number of rotatable bonds is 6. The van der Waals surface area contributed by atoms with Gasteiger partial charge < -0.3 is 20.6 Å². The van der Waals surface area contributed by atoms with Gasteiger partial charge in [0.15, 0.2) is 0 Å². The van der Waals surface area contributed by atoms with Gasteiger partial charge in [-0.15, -0.1) is 0 Å². The summed E-state index contributed by atoms with van der Waals surface area (Å²) in [7, 11) is -3.99. The fourth-order valence-electron chi connectivity index (χ4n) is 1.32. The molecule has 8 nitrogen and oxygen atoms in total. The number of hydrogen-bond donors (Lipinski definition) is 5. The standard InChI is InChI=1S/C10H14N2O6S/c11-19(17,18)7-1-2-9(8(3-7)10(15)16)12-4-6(14)5-13/h1-3,6,12-14H,4-5H2,(H,15,16)(H2,11,17,18). The number of sulfonamides is 1. The molecule has 19 heavy (non-hydrogen) atoms. The number of benzene rings is 1. The van der Waals surface area contributed by atoms with E-state index in [1.807, 2.05) is 0 Å². The predicted molar refractivity (Wildman–Crippen MR) is 66.4 cm³/mol. The van der Waals surface area contributed by atoms with E-state index in [9.17, 15) is 13.2 Å². The molecule has 0 aromatic heterocycles. The van der Waals surface area contributed by atoms with E-state index in [1.165, 1.54) is 6.07 Å². The van der Waals surface area contributed by atoms with E-state index in [1.54, 1.807) is 0 Å². The van der Waals surface area contributed by atoms with Crippen LogP contribution in [0, 0.1) is 0 Å². The molecule has 1 aromatic rings. The fraction of sp³-hybridized carbons (Fsp3) is 0.300. The monoisotopic (exact) mass is 290 g/mol. The van der Waals surface area contributed by atoms with Crippen LogP contribution in [-0.2, 0) is 10.0 Å². The lowest BCUT2D eigenvalue weighted by molar-refractivity contribution is 0.0697. The maximum absolute atomic E-state index is 11.1. The number of carbonyl (C=O) groups is 1. The molecule has 1 aromatic carbocycles. The Morgan fingerprint density at radius 1 is 1.42 bits per heavy atom. The van der Waals surface area contributed by atoms with Gasteiger partial charge in [-0.3, -0.25) is 0 Å². The summed E-state index contributed by atoms with van der Waals surface area (Å²) in [5.41, 5.74) is -0.177. The highest BCUT2D eigenvalue weighted by molar-refractivity contribution is 7.89. The Bertz CT molecular complexity index is 571. The Labute approximate surface area is 109 Å². The van der Waals surface area contributed by atoms with Crippen molar-refractivity contribution in [3.05, 3.63) is 23.8 Å². The molecule has 0 saturated heterocycles. The van der Waals surface area contributed by atoms with Crippen LogP contribution in [-0.4, -0.2) is 49.0 Å².